The minimum atomic E-state index is -4.58. The maximum Gasteiger partial charge on any atom is 0.430 e. The van der Waals surface area contributed by atoms with E-state index in [1.165, 1.54) is 6.07 Å². The molecular formula is C17H7ClF4NO2+. The normalized spacial score (nSPS) is 14.0. The van der Waals surface area contributed by atoms with Crippen LogP contribution < -0.4 is 4.98 Å². The fourth-order valence-electron chi connectivity index (χ4n) is 2.44. The number of benzene rings is 1. The number of halogens is 5. The van der Waals surface area contributed by atoms with E-state index in [1.807, 2.05) is 6.20 Å². The van der Waals surface area contributed by atoms with Crippen molar-refractivity contribution in [3.05, 3.63) is 75.3 Å². The third kappa shape index (κ3) is 3.13. The first-order valence-corrected chi connectivity index (χ1v) is 7.28. The Hall–Kier alpha value is -2.72. The summed E-state index contributed by atoms with van der Waals surface area (Å²) in [5.74, 6) is -2.29. The predicted molar refractivity (Wildman–Crippen MR) is 77.7 cm³/mol. The first-order chi connectivity index (χ1) is 11.7. The second-order valence-corrected chi connectivity index (χ2v) is 5.69. The van der Waals surface area contributed by atoms with Crippen molar-refractivity contribution >= 4 is 23.2 Å². The van der Waals surface area contributed by atoms with Crippen molar-refractivity contribution in [1.29, 1.82) is 0 Å². The van der Waals surface area contributed by atoms with Gasteiger partial charge in [-0.05, 0) is 29.3 Å². The quantitative estimate of drug-likeness (QED) is 0.763. The Morgan fingerprint density at radius 2 is 1.80 bits per heavy atom. The molecule has 1 aliphatic rings. The number of nitrogens with zero attached hydrogens (tertiary/aromatic N) is 1. The van der Waals surface area contributed by atoms with Gasteiger partial charge in [-0.25, -0.2) is 4.39 Å². The van der Waals surface area contributed by atoms with Crippen molar-refractivity contribution in [2.24, 2.45) is 0 Å². The second kappa shape index (κ2) is 5.97. The third-order valence-corrected chi connectivity index (χ3v) is 3.93. The van der Waals surface area contributed by atoms with Crippen LogP contribution >= 0.6 is 11.6 Å². The SMILES string of the molecule is O=C1C(Cc2ccc(C(F)(F)F)c#[n+]2)=CC(=O)c2c(Cl)ccc(F)c21. The van der Waals surface area contributed by atoms with Crippen LogP contribution in [0.5, 0.6) is 0 Å². The summed E-state index contributed by atoms with van der Waals surface area (Å²) in [6, 6.07) is 3.98. The van der Waals surface area contributed by atoms with E-state index >= 15 is 0 Å². The highest BCUT2D eigenvalue weighted by Gasteiger charge is 2.35. The Labute approximate surface area is 143 Å². The number of ketones is 2. The lowest BCUT2D eigenvalue weighted by Gasteiger charge is -2.15. The van der Waals surface area contributed by atoms with Gasteiger partial charge in [0, 0.05) is 11.6 Å². The zero-order chi connectivity index (χ0) is 18.4. The number of aromatic nitrogens is 1. The van der Waals surface area contributed by atoms with E-state index in [0.717, 1.165) is 24.3 Å². The zero-order valence-corrected chi connectivity index (χ0v) is 13.0. The zero-order valence-electron chi connectivity index (χ0n) is 12.2. The molecule has 0 spiro atoms. The topological polar surface area (TPSA) is 48.2 Å². The largest absolute Gasteiger partial charge is 0.430 e. The Morgan fingerprint density at radius 1 is 1.08 bits per heavy atom. The van der Waals surface area contributed by atoms with Crippen molar-refractivity contribution in [2.45, 2.75) is 12.6 Å². The fourth-order valence-corrected chi connectivity index (χ4v) is 2.69. The molecule has 0 unspecified atom stereocenters. The summed E-state index contributed by atoms with van der Waals surface area (Å²) in [5.41, 5.74) is -1.71. The smallest absolute Gasteiger partial charge is 0.289 e. The molecule has 126 valence electrons. The monoisotopic (exact) mass is 368 g/mol. The molecule has 0 aliphatic heterocycles. The van der Waals surface area contributed by atoms with Crippen LogP contribution in [0.3, 0.4) is 0 Å². The van der Waals surface area contributed by atoms with Crippen molar-refractivity contribution in [2.75, 3.05) is 0 Å². The Morgan fingerprint density at radius 3 is 2.40 bits per heavy atom. The number of hydrogen-bond acceptors (Lipinski definition) is 2. The van der Waals surface area contributed by atoms with E-state index in [9.17, 15) is 27.2 Å². The van der Waals surface area contributed by atoms with Gasteiger partial charge in [0.25, 0.3) is 0 Å². The molecule has 8 heteroatoms. The lowest BCUT2D eigenvalue weighted by atomic mass is 9.87. The highest BCUT2D eigenvalue weighted by atomic mass is 35.5. The Balaban J connectivity index is 1.93. The molecule has 1 heterocycles. The molecule has 1 aliphatic carbocycles. The van der Waals surface area contributed by atoms with E-state index in [4.69, 9.17) is 11.6 Å². The lowest BCUT2D eigenvalue weighted by Crippen LogP contribution is -2.22. The standard InChI is InChI=1S/C17H7ClF4NO2/c18-11-3-4-12(19)15-14(11)13(24)6-8(16(15)25)5-10-2-1-9(7-23-10)17(20,21)22/h1-4,6H,5H2/q+1. The van der Waals surface area contributed by atoms with Crippen molar-refractivity contribution < 1.29 is 32.1 Å². The summed E-state index contributed by atoms with van der Waals surface area (Å²) in [7, 11) is 0. The average molecular weight is 369 g/mol. The van der Waals surface area contributed by atoms with Crippen LogP contribution in [0, 0.1) is 12.0 Å². The van der Waals surface area contributed by atoms with Crippen LogP contribution in [0.4, 0.5) is 17.6 Å². The number of fused-ring (bicyclic) bond motifs is 1. The van der Waals surface area contributed by atoms with Crippen LogP contribution in [-0.4, -0.2) is 11.6 Å². The Bertz CT molecular complexity index is 917. The number of Topliss-reactive ketones (excluding diaryl/α,β-unsaturated/α-hetero) is 1. The molecule has 3 nitrogen and oxygen atoms in total. The maximum atomic E-state index is 14.0. The number of allylic oxidation sites excluding steroid dienone is 2. The first kappa shape index (κ1) is 17.1. The van der Waals surface area contributed by atoms with Gasteiger partial charge in [0.05, 0.1) is 22.6 Å². The molecule has 2 aromatic rings. The van der Waals surface area contributed by atoms with E-state index < -0.39 is 34.7 Å². The molecular weight excluding hydrogens is 362 g/mol. The molecule has 0 N–H and O–H groups in total. The van der Waals surface area contributed by atoms with Gasteiger partial charge in [-0.15, -0.1) is 0 Å². The number of rotatable bonds is 2. The number of carbonyl (C=O) groups excluding carboxylic acids is 2. The molecule has 3 rings (SSSR count). The summed E-state index contributed by atoms with van der Waals surface area (Å²) < 4.78 is 51.5. The van der Waals surface area contributed by atoms with E-state index in [0.29, 0.717) is 0 Å². The molecule has 1 aromatic heterocycles. The van der Waals surface area contributed by atoms with E-state index in [-0.39, 0.29) is 28.3 Å². The molecule has 0 saturated carbocycles. The van der Waals surface area contributed by atoms with Crippen LogP contribution in [0.25, 0.3) is 0 Å². The van der Waals surface area contributed by atoms with Crippen LogP contribution in [0.1, 0.15) is 32.0 Å². The van der Waals surface area contributed by atoms with E-state index in [2.05, 4.69) is 4.98 Å². The molecule has 0 atom stereocenters. The van der Waals surface area contributed by atoms with Crippen molar-refractivity contribution in [1.82, 2.24) is 0 Å². The molecule has 0 saturated heterocycles. The first-order valence-electron chi connectivity index (χ1n) is 6.91. The predicted octanol–water partition coefficient (Wildman–Crippen LogP) is 3.45. The Kier molecular flexibility index (Phi) is 4.09. The fraction of sp³-hybridized carbons (Fsp3) is 0.118. The maximum absolute atomic E-state index is 14.0. The summed E-state index contributed by atoms with van der Waals surface area (Å²) in [5, 5.41) is -0.0500. The van der Waals surface area contributed by atoms with Crippen molar-refractivity contribution in [3.8, 4) is 0 Å². The van der Waals surface area contributed by atoms with Crippen LogP contribution in [0.2, 0.25) is 5.02 Å². The summed E-state index contributed by atoms with van der Waals surface area (Å²) in [6.07, 6.45) is -1.98. The van der Waals surface area contributed by atoms with Gasteiger partial charge in [-0.1, -0.05) is 11.6 Å². The molecule has 0 radical (unpaired) electrons. The molecule has 0 fully saturated rings. The minimum absolute atomic E-state index is 0.0500. The van der Waals surface area contributed by atoms with Gasteiger partial charge < -0.3 is 0 Å². The number of alkyl halides is 3. The van der Waals surface area contributed by atoms with Gasteiger partial charge in [0.2, 0.25) is 0 Å². The number of carbonyl (C=O) groups is 2. The average Bonchev–Trinajstić information content (AvgIpc) is 2.54. The van der Waals surface area contributed by atoms with Crippen LogP contribution in [-0.2, 0) is 12.6 Å². The summed E-state index contributed by atoms with van der Waals surface area (Å²) in [4.78, 5) is 28.1. The minimum Gasteiger partial charge on any atom is -0.289 e. The van der Waals surface area contributed by atoms with Gasteiger partial charge in [0.1, 0.15) is 5.82 Å². The van der Waals surface area contributed by atoms with Gasteiger partial charge in [0.15, 0.2) is 17.1 Å². The summed E-state index contributed by atoms with van der Waals surface area (Å²) >= 11 is 5.85. The molecule has 0 amide bonds. The highest BCUT2D eigenvalue weighted by molar-refractivity contribution is 6.37. The second-order valence-electron chi connectivity index (χ2n) is 5.28. The summed E-state index contributed by atoms with van der Waals surface area (Å²) in [6.45, 7) is 0. The number of hydrogen-bond donors (Lipinski definition) is 0. The molecule has 1 aromatic carbocycles. The van der Waals surface area contributed by atoms with Crippen molar-refractivity contribution in [3.63, 3.8) is 0 Å². The van der Waals surface area contributed by atoms with E-state index in [1.54, 1.807) is 0 Å². The lowest BCUT2D eigenvalue weighted by molar-refractivity contribution is -0.309. The van der Waals surface area contributed by atoms with Gasteiger partial charge in [-0.3, -0.25) is 9.59 Å². The molecule has 0 bridgehead atoms. The molecule has 25 heavy (non-hydrogen) atoms. The third-order valence-electron chi connectivity index (χ3n) is 3.61. The van der Waals surface area contributed by atoms with Gasteiger partial charge >= 0.3 is 18.1 Å². The van der Waals surface area contributed by atoms with Gasteiger partial charge in [-0.2, -0.15) is 13.2 Å². The van der Waals surface area contributed by atoms with Crippen LogP contribution in [0.15, 0.2) is 35.9 Å². The highest BCUT2D eigenvalue weighted by Crippen LogP contribution is 2.31.